The Morgan fingerprint density at radius 1 is 0.706 bits per heavy atom. The molecule has 0 fully saturated rings. The number of carboxylic acid groups (broad SMARTS) is 1. The number of benzene rings is 4. The molecule has 0 saturated carbocycles. The molecule has 0 bridgehead atoms. The van der Waals surface area contributed by atoms with Crippen molar-refractivity contribution in [3.8, 4) is 23.0 Å². The zero-order valence-corrected chi connectivity index (χ0v) is 38.9. The van der Waals surface area contributed by atoms with Crippen molar-refractivity contribution in [2.45, 2.75) is 87.0 Å². The summed E-state index contributed by atoms with van der Waals surface area (Å²) in [6.45, 7) is 15.3. The minimum Gasteiger partial charge on any atom is -0.493 e. The molecular formula is C47H55N5O16. The van der Waals surface area contributed by atoms with Gasteiger partial charge in [0.15, 0.2) is 0 Å². The highest BCUT2D eigenvalue weighted by Gasteiger charge is 2.34. The number of Topliss-reactive ketones (excluding diaryl/α,β-unsaturated/α-hetero) is 1. The highest BCUT2D eigenvalue weighted by atomic mass is 16.7. The molecule has 0 unspecified atom stereocenters. The van der Waals surface area contributed by atoms with E-state index in [0.29, 0.717) is 71.7 Å². The van der Waals surface area contributed by atoms with Crippen molar-refractivity contribution in [2.75, 3.05) is 29.2 Å². The van der Waals surface area contributed by atoms with Gasteiger partial charge in [0.2, 0.25) is 23.5 Å². The molecule has 0 radical (unpaired) electrons. The van der Waals surface area contributed by atoms with Crippen LogP contribution in [0.25, 0.3) is 0 Å². The lowest BCUT2D eigenvalue weighted by molar-refractivity contribution is -0.127. The van der Waals surface area contributed by atoms with Gasteiger partial charge in [0.1, 0.15) is 39.9 Å². The van der Waals surface area contributed by atoms with Crippen LogP contribution in [-0.2, 0) is 36.8 Å². The Morgan fingerprint density at radius 3 is 1.74 bits per heavy atom. The number of nitrogens with one attached hydrogen (secondary N) is 5. The molecule has 0 spiro atoms. The Balaban J connectivity index is 0.000000240. The van der Waals surface area contributed by atoms with Crippen molar-refractivity contribution in [3.05, 3.63) is 100 Å². The number of ether oxygens (including phenoxy) is 5. The Kier molecular flexibility index (Phi) is 20.0. The zero-order valence-electron chi connectivity index (χ0n) is 38.9. The lowest BCUT2D eigenvalue weighted by atomic mass is 10.0. The van der Waals surface area contributed by atoms with E-state index in [1.54, 1.807) is 74.8 Å². The first-order chi connectivity index (χ1) is 32.0. The quantitative estimate of drug-likeness (QED) is 0.0452. The Labute approximate surface area is 391 Å². The molecule has 364 valence electrons. The summed E-state index contributed by atoms with van der Waals surface area (Å²) in [5.41, 5.74) is 6.87. The highest BCUT2D eigenvalue weighted by molar-refractivity contribution is 6.00. The van der Waals surface area contributed by atoms with E-state index >= 15 is 0 Å². The predicted molar refractivity (Wildman–Crippen MR) is 245 cm³/mol. The monoisotopic (exact) mass is 945 g/mol. The van der Waals surface area contributed by atoms with Gasteiger partial charge in [-0.05, 0) is 93.9 Å². The SMILES string of the molecule is CC(=O)Cc1ccc2c(c1)C(=O)OC(C)(C)O2.CC(=O)Nc1cc2c(c(C(=O)O)c1)OCC2.CC(=O)Nc1ccc(OC(C)C)c(C(=O)NO)c1.CCOc1ccc(NC(C)=O)cc1C(=O)NO. The third-order valence-corrected chi connectivity index (χ3v) is 8.70. The zero-order chi connectivity index (χ0) is 50.9. The number of hydrogen-bond donors (Lipinski definition) is 8. The largest absolute Gasteiger partial charge is 0.493 e. The molecule has 0 aliphatic carbocycles. The van der Waals surface area contributed by atoms with Gasteiger partial charge in [-0.2, -0.15) is 0 Å². The van der Waals surface area contributed by atoms with E-state index < -0.39 is 29.5 Å². The molecule has 4 aromatic rings. The number of carbonyl (C=O) groups excluding carboxylic acids is 7. The smallest absolute Gasteiger partial charge is 0.345 e. The van der Waals surface area contributed by atoms with Crippen LogP contribution >= 0.6 is 0 Å². The average Bonchev–Trinajstić information content (AvgIpc) is 3.72. The lowest BCUT2D eigenvalue weighted by Gasteiger charge is -2.31. The number of anilines is 3. The number of amides is 5. The van der Waals surface area contributed by atoms with Crippen LogP contribution < -0.4 is 45.9 Å². The molecule has 4 aromatic carbocycles. The van der Waals surface area contributed by atoms with Gasteiger partial charge >= 0.3 is 11.9 Å². The number of esters is 1. The molecule has 8 N–H and O–H groups in total. The summed E-state index contributed by atoms with van der Waals surface area (Å²) in [6, 6.07) is 17.5. The molecule has 0 aromatic heterocycles. The Hall–Kier alpha value is -8.04. The number of hydrogen-bond acceptors (Lipinski definition) is 15. The molecule has 2 aliphatic rings. The lowest BCUT2D eigenvalue weighted by Crippen LogP contribution is -2.38. The van der Waals surface area contributed by atoms with Gasteiger partial charge in [0, 0.05) is 70.1 Å². The van der Waals surface area contributed by atoms with Gasteiger partial charge in [-0.25, -0.2) is 20.5 Å². The summed E-state index contributed by atoms with van der Waals surface area (Å²) in [4.78, 5) is 89.4. The summed E-state index contributed by atoms with van der Waals surface area (Å²) < 4.78 is 26.6. The second-order valence-electron chi connectivity index (χ2n) is 15.5. The summed E-state index contributed by atoms with van der Waals surface area (Å²) in [7, 11) is 0. The molecule has 21 heteroatoms. The fourth-order valence-corrected chi connectivity index (χ4v) is 6.26. The molecular weight excluding hydrogens is 891 g/mol. The number of hydroxylamine groups is 2. The van der Waals surface area contributed by atoms with Crippen LogP contribution in [0.4, 0.5) is 17.1 Å². The Bertz CT molecular complexity index is 2540. The maximum atomic E-state index is 11.8. The van der Waals surface area contributed by atoms with Gasteiger partial charge in [0.05, 0.1) is 30.4 Å². The molecule has 2 aliphatic heterocycles. The fraction of sp³-hybridized carbons (Fsp3) is 0.319. The fourth-order valence-electron chi connectivity index (χ4n) is 6.26. The minimum absolute atomic E-state index is 0.0513. The topological polar surface area (TPSA) is 304 Å². The van der Waals surface area contributed by atoms with Crippen LogP contribution in [0.2, 0.25) is 0 Å². The van der Waals surface area contributed by atoms with Crippen molar-refractivity contribution in [2.24, 2.45) is 0 Å². The van der Waals surface area contributed by atoms with Crippen LogP contribution in [0.1, 0.15) is 115 Å². The van der Waals surface area contributed by atoms with Crippen LogP contribution in [0.3, 0.4) is 0 Å². The second kappa shape index (κ2) is 25.0. The van der Waals surface area contributed by atoms with E-state index in [0.717, 1.165) is 11.1 Å². The van der Waals surface area contributed by atoms with Gasteiger partial charge < -0.3 is 44.7 Å². The summed E-state index contributed by atoms with van der Waals surface area (Å²) in [6.07, 6.45) is 0.870. The summed E-state index contributed by atoms with van der Waals surface area (Å²) in [5.74, 6) is -2.87. The van der Waals surface area contributed by atoms with Crippen molar-refractivity contribution < 1.29 is 77.6 Å². The van der Waals surface area contributed by atoms with Crippen LogP contribution in [0, 0.1) is 0 Å². The van der Waals surface area contributed by atoms with E-state index in [4.69, 9.17) is 39.2 Å². The first kappa shape index (κ1) is 54.3. The van der Waals surface area contributed by atoms with Gasteiger partial charge in [0.25, 0.3) is 11.8 Å². The maximum absolute atomic E-state index is 11.8. The van der Waals surface area contributed by atoms with Crippen LogP contribution in [0.15, 0.2) is 66.7 Å². The maximum Gasteiger partial charge on any atom is 0.345 e. The van der Waals surface area contributed by atoms with Crippen molar-refractivity contribution in [3.63, 3.8) is 0 Å². The first-order valence-electron chi connectivity index (χ1n) is 20.8. The summed E-state index contributed by atoms with van der Waals surface area (Å²) >= 11 is 0. The Morgan fingerprint density at radius 2 is 1.24 bits per heavy atom. The third-order valence-electron chi connectivity index (χ3n) is 8.70. The van der Waals surface area contributed by atoms with E-state index in [-0.39, 0.29) is 46.3 Å². The number of ketones is 1. The van der Waals surface area contributed by atoms with Crippen LogP contribution in [-0.4, -0.2) is 87.9 Å². The number of carboxylic acids is 1. The molecule has 68 heavy (non-hydrogen) atoms. The average molecular weight is 946 g/mol. The second-order valence-corrected chi connectivity index (χ2v) is 15.5. The van der Waals surface area contributed by atoms with E-state index in [9.17, 15) is 38.4 Å². The van der Waals surface area contributed by atoms with E-state index in [1.165, 1.54) is 51.4 Å². The minimum atomic E-state index is -1.05. The summed E-state index contributed by atoms with van der Waals surface area (Å²) in [5, 5.41) is 34.0. The molecule has 6 rings (SSSR count). The van der Waals surface area contributed by atoms with Crippen LogP contribution in [0.5, 0.6) is 23.0 Å². The molecule has 21 nitrogen and oxygen atoms in total. The first-order valence-corrected chi connectivity index (χ1v) is 20.8. The standard InChI is InChI=1S/C13H14O4.C12H16N2O4.C11H14N2O4.C11H11NO4/c1-8(14)6-9-4-5-11-10(7-9)12(15)17-13(2,3)16-11;1-7(2)18-11-5-4-9(13-8(3)15)6-10(11)12(16)14-17;1-3-17-10-5-4-8(12-7(2)14)6-9(10)11(15)13-16;1-6(13)12-8-4-7-2-3-16-10(7)9(5-8)11(14)15/h4-5,7H,6H2,1-3H3;4-7,17H,1-3H3,(H,13,15)(H,14,16);4-6,16H,3H2,1-2H3,(H,12,14)(H,13,15);4-5H,2-3H2,1H3,(H,12,13)(H,14,15). The molecule has 2 heterocycles. The van der Waals surface area contributed by atoms with Gasteiger partial charge in [-0.3, -0.25) is 39.2 Å². The van der Waals surface area contributed by atoms with E-state index in [1.807, 2.05) is 13.8 Å². The number of rotatable bonds is 12. The van der Waals surface area contributed by atoms with Crippen molar-refractivity contribution >= 4 is 64.3 Å². The van der Waals surface area contributed by atoms with Crippen molar-refractivity contribution in [1.82, 2.24) is 11.0 Å². The number of carbonyl (C=O) groups is 8. The third kappa shape index (κ3) is 16.7. The van der Waals surface area contributed by atoms with E-state index in [2.05, 4.69) is 16.0 Å². The molecule has 5 amide bonds. The van der Waals surface area contributed by atoms with Gasteiger partial charge in [-0.1, -0.05) is 6.07 Å². The predicted octanol–water partition coefficient (Wildman–Crippen LogP) is 6.10. The number of aromatic carboxylic acids is 1. The molecule has 0 saturated heterocycles. The molecule has 0 atom stereocenters. The highest BCUT2D eigenvalue weighted by Crippen LogP contribution is 2.34. The number of cyclic esters (lactones) is 1. The number of fused-ring (bicyclic) bond motifs is 2. The normalized spacial score (nSPS) is 12.3. The van der Waals surface area contributed by atoms with Crippen molar-refractivity contribution in [1.29, 1.82) is 0 Å². The van der Waals surface area contributed by atoms with Gasteiger partial charge in [-0.15, -0.1) is 0 Å².